The minimum atomic E-state index is -0.517. The van der Waals surface area contributed by atoms with E-state index < -0.39 is 5.41 Å². The minimum Gasteiger partial charge on any atom is -0.497 e. The summed E-state index contributed by atoms with van der Waals surface area (Å²) in [6.45, 7) is 7.33. The summed E-state index contributed by atoms with van der Waals surface area (Å²) in [5.41, 5.74) is 0.524. The molecule has 1 aliphatic rings. The van der Waals surface area contributed by atoms with Gasteiger partial charge in [0.05, 0.1) is 19.1 Å². The Kier molecular flexibility index (Phi) is 7.21. The summed E-state index contributed by atoms with van der Waals surface area (Å²) in [4.78, 5) is 12.2. The van der Waals surface area contributed by atoms with Crippen LogP contribution in [0.25, 0.3) is 0 Å². The SMILES string of the molecule is COc1cccc(COc2ccc(OC[C@H]3CCNC3OC(=O)C(C)(C)C)cc2)c1. The number of benzene rings is 2. The highest BCUT2D eigenvalue weighted by Crippen LogP contribution is 2.24. The third kappa shape index (κ3) is 6.13. The number of hydrogen-bond donors (Lipinski definition) is 1. The standard InChI is InChI=1S/C24H31NO5/c1-24(2,3)23(26)30-22-18(12-13-25-22)16-29-20-10-8-19(9-11-20)28-15-17-6-5-7-21(14-17)27-4/h5-11,14,18,22,25H,12-13,15-16H2,1-4H3/t18-,22?/m1/s1. The van der Waals surface area contributed by atoms with E-state index in [9.17, 15) is 4.79 Å². The molecule has 0 radical (unpaired) electrons. The summed E-state index contributed by atoms with van der Waals surface area (Å²) in [5, 5.41) is 3.24. The Labute approximate surface area is 178 Å². The fraction of sp³-hybridized carbons (Fsp3) is 0.458. The highest BCUT2D eigenvalue weighted by atomic mass is 16.6. The van der Waals surface area contributed by atoms with Crippen molar-refractivity contribution in [2.24, 2.45) is 11.3 Å². The van der Waals surface area contributed by atoms with Crippen LogP contribution in [0.4, 0.5) is 0 Å². The number of carbonyl (C=O) groups excluding carboxylic acids is 1. The molecule has 1 fully saturated rings. The first-order valence-electron chi connectivity index (χ1n) is 10.3. The lowest BCUT2D eigenvalue weighted by Gasteiger charge is -2.24. The molecule has 6 nitrogen and oxygen atoms in total. The van der Waals surface area contributed by atoms with Gasteiger partial charge in [-0.05, 0) is 75.7 Å². The maximum atomic E-state index is 12.2. The summed E-state index contributed by atoms with van der Waals surface area (Å²) >= 11 is 0. The highest BCUT2D eigenvalue weighted by molar-refractivity contribution is 5.75. The summed E-state index contributed by atoms with van der Waals surface area (Å²) in [5.74, 6) is 2.26. The number of ether oxygens (including phenoxy) is 4. The van der Waals surface area contributed by atoms with Crippen molar-refractivity contribution in [3.05, 3.63) is 54.1 Å². The van der Waals surface area contributed by atoms with Crippen LogP contribution in [0, 0.1) is 11.3 Å². The van der Waals surface area contributed by atoms with Crippen molar-refractivity contribution in [3.63, 3.8) is 0 Å². The quantitative estimate of drug-likeness (QED) is 0.655. The van der Waals surface area contributed by atoms with Gasteiger partial charge in [-0.2, -0.15) is 0 Å². The Balaban J connectivity index is 1.47. The Bertz CT molecular complexity index is 828. The number of rotatable bonds is 8. The molecule has 0 spiro atoms. The van der Waals surface area contributed by atoms with E-state index in [1.807, 2.05) is 69.3 Å². The largest absolute Gasteiger partial charge is 0.497 e. The molecule has 0 saturated carbocycles. The van der Waals surface area contributed by atoms with E-state index in [0.717, 1.165) is 35.8 Å². The molecule has 2 atom stereocenters. The lowest BCUT2D eigenvalue weighted by molar-refractivity contribution is -0.162. The van der Waals surface area contributed by atoms with Crippen LogP contribution in [-0.2, 0) is 16.1 Å². The molecule has 0 amide bonds. The highest BCUT2D eigenvalue weighted by Gasteiger charge is 2.34. The van der Waals surface area contributed by atoms with Gasteiger partial charge in [0.25, 0.3) is 0 Å². The number of esters is 1. The van der Waals surface area contributed by atoms with Crippen LogP contribution in [0.2, 0.25) is 0 Å². The second-order valence-corrected chi connectivity index (χ2v) is 8.50. The van der Waals surface area contributed by atoms with Gasteiger partial charge in [0.2, 0.25) is 0 Å². The molecule has 0 aromatic heterocycles. The van der Waals surface area contributed by atoms with E-state index in [2.05, 4.69) is 5.32 Å². The molecule has 2 aromatic carbocycles. The molecule has 2 aromatic rings. The van der Waals surface area contributed by atoms with Crippen LogP contribution < -0.4 is 19.5 Å². The summed E-state index contributed by atoms with van der Waals surface area (Å²) in [6.07, 6.45) is 0.603. The van der Waals surface area contributed by atoms with Crippen LogP contribution in [0.3, 0.4) is 0 Å². The Hall–Kier alpha value is -2.73. The fourth-order valence-corrected chi connectivity index (χ4v) is 3.09. The summed E-state index contributed by atoms with van der Waals surface area (Å²) in [7, 11) is 1.65. The summed E-state index contributed by atoms with van der Waals surface area (Å²) < 4.78 is 22.6. The predicted octanol–water partition coefficient (Wildman–Crippen LogP) is 4.18. The van der Waals surface area contributed by atoms with Crippen molar-refractivity contribution in [2.45, 2.75) is 40.0 Å². The van der Waals surface area contributed by atoms with Gasteiger partial charge >= 0.3 is 5.97 Å². The van der Waals surface area contributed by atoms with Crippen LogP contribution >= 0.6 is 0 Å². The van der Waals surface area contributed by atoms with Crippen molar-refractivity contribution < 1.29 is 23.7 Å². The number of carbonyl (C=O) groups is 1. The van der Waals surface area contributed by atoms with Gasteiger partial charge in [0.1, 0.15) is 23.9 Å². The molecule has 3 rings (SSSR count). The minimum absolute atomic E-state index is 0.125. The van der Waals surface area contributed by atoms with Gasteiger partial charge in [-0.3, -0.25) is 10.1 Å². The first kappa shape index (κ1) is 22.0. The van der Waals surface area contributed by atoms with Crippen molar-refractivity contribution in [1.82, 2.24) is 5.32 Å². The van der Waals surface area contributed by atoms with E-state index in [1.54, 1.807) is 7.11 Å². The van der Waals surface area contributed by atoms with Gasteiger partial charge in [0.15, 0.2) is 6.23 Å². The molecule has 0 aliphatic carbocycles. The first-order valence-corrected chi connectivity index (χ1v) is 10.3. The monoisotopic (exact) mass is 413 g/mol. The van der Waals surface area contributed by atoms with E-state index in [1.165, 1.54) is 0 Å². The van der Waals surface area contributed by atoms with E-state index in [-0.39, 0.29) is 18.1 Å². The lowest BCUT2D eigenvalue weighted by atomic mass is 9.97. The molecule has 1 N–H and O–H groups in total. The average Bonchev–Trinajstić information content (AvgIpc) is 3.18. The van der Waals surface area contributed by atoms with Gasteiger partial charge in [-0.15, -0.1) is 0 Å². The van der Waals surface area contributed by atoms with Crippen molar-refractivity contribution >= 4 is 5.97 Å². The molecule has 162 valence electrons. The Morgan fingerprint density at radius 1 is 1.03 bits per heavy atom. The van der Waals surface area contributed by atoms with Crippen LogP contribution in [0.5, 0.6) is 17.2 Å². The third-order valence-electron chi connectivity index (χ3n) is 4.96. The first-order chi connectivity index (χ1) is 14.3. The van der Waals surface area contributed by atoms with Crippen LogP contribution in [0.1, 0.15) is 32.8 Å². The van der Waals surface area contributed by atoms with Crippen LogP contribution in [-0.4, -0.2) is 32.5 Å². The normalized spacial score (nSPS) is 18.7. The van der Waals surface area contributed by atoms with Crippen molar-refractivity contribution in [2.75, 3.05) is 20.3 Å². The maximum absolute atomic E-state index is 12.2. The fourth-order valence-electron chi connectivity index (χ4n) is 3.09. The Morgan fingerprint density at radius 2 is 1.73 bits per heavy atom. The van der Waals surface area contributed by atoms with E-state index >= 15 is 0 Å². The number of methoxy groups -OCH3 is 1. The zero-order chi connectivity index (χ0) is 21.6. The number of hydrogen-bond acceptors (Lipinski definition) is 6. The van der Waals surface area contributed by atoms with Gasteiger partial charge in [-0.1, -0.05) is 12.1 Å². The molecule has 1 aliphatic heterocycles. The maximum Gasteiger partial charge on any atom is 0.312 e. The van der Waals surface area contributed by atoms with Gasteiger partial charge in [-0.25, -0.2) is 0 Å². The molecular weight excluding hydrogens is 382 g/mol. The zero-order valence-corrected chi connectivity index (χ0v) is 18.1. The topological polar surface area (TPSA) is 66.0 Å². The molecule has 6 heteroatoms. The molecule has 30 heavy (non-hydrogen) atoms. The molecule has 1 unspecified atom stereocenters. The Morgan fingerprint density at radius 3 is 2.40 bits per heavy atom. The number of nitrogens with one attached hydrogen (secondary N) is 1. The van der Waals surface area contributed by atoms with Crippen molar-refractivity contribution in [1.29, 1.82) is 0 Å². The van der Waals surface area contributed by atoms with Gasteiger partial charge < -0.3 is 18.9 Å². The smallest absolute Gasteiger partial charge is 0.312 e. The average molecular weight is 414 g/mol. The molecule has 1 saturated heterocycles. The zero-order valence-electron chi connectivity index (χ0n) is 18.1. The third-order valence-corrected chi connectivity index (χ3v) is 4.96. The molecular formula is C24H31NO5. The molecule has 0 bridgehead atoms. The second-order valence-electron chi connectivity index (χ2n) is 8.50. The van der Waals surface area contributed by atoms with Crippen molar-refractivity contribution in [3.8, 4) is 17.2 Å². The van der Waals surface area contributed by atoms with E-state index in [4.69, 9.17) is 18.9 Å². The van der Waals surface area contributed by atoms with E-state index in [0.29, 0.717) is 13.2 Å². The summed E-state index contributed by atoms with van der Waals surface area (Å²) in [6, 6.07) is 15.4. The predicted molar refractivity (Wildman–Crippen MR) is 115 cm³/mol. The lowest BCUT2D eigenvalue weighted by Crippen LogP contribution is -2.38. The van der Waals surface area contributed by atoms with Crippen LogP contribution in [0.15, 0.2) is 48.5 Å². The van der Waals surface area contributed by atoms with Gasteiger partial charge in [0, 0.05) is 5.92 Å². The molecule has 1 heterocycles. The second kappa shape index (κ2) is 9.85.